The number of nitrogens with zero attached hydrogens (tertiary/aromatic N) is 2. The average molecular weight is 356 g/mol. The summed E-state index contributed by atoms with van der Waals surface area (Å²) in [4.78, 5) is 29.3. The lowest BCUT2D eigenvalue weighted by Gasteiger charge is -2.14. The zero-order chi connectivity index (χ0) is 17.8. The van der Waals surface area contributed by atoms with Crippen LogP contribution in [-0.4, -0.2) is 34.0 Å². The summed E-state index contributed by atoms with van der Waals surface area (Å²) in [6.45, 7) is 4.73. The number of benzene rings is 1. The minimum absolute atomic E-state index is 0.202. The SMILES string of the molecule is Cc1nc2ccccc2n1CCNC(=O)C(C)NC(=O)c1cccs1. The van der Waals surface area contributed by atoms with Gasteiger partial charge in [-0.25, -0.2) is 4.98 Å². The number of rotatable bonds is 6. The van der Waals surface area contributed by atoms with Gasteiger partial charge in [-0.05, 0) is 37.4 Å². The van der Waals surface area contributed by atoms with Crippen molar-refractivity contribution in [2.75, 3.05) is 6.54 Å². The zero-order valence-electron chi connectivity index (χ0n) is 14.2. The Kier molecular flexibility index (Phi) is 5.14. The van der Waals surface area contributed by atoms with Crippen LogP contribution in [0.5, 0.6) is 0 Å². The lowest BCUT2D eigenvalue weighted by molar-refractivity contribution is -0.122. The molecule has 7 heteroatoms. The third-order valence-corrected chi connectivity index (χ3v) is 4.83. The Morgan fingerprint density at radius 2 is 2.04 bits per heavy atom. The molecular weight excluding hydrogens is 336 g/mol. The van der Waals surface area contributed by atoms with E-state index >= 15 is 0 Å². The van der Waals surface area contributed by atoms with Crippen molar-refractivity contribution in [1.82, 2.24) is 20.2 Å². The van der Waals surface area contributed by atoms with Crippen LogP contribution in [-0.2, 0) is 11.3 Å². The molecule has 130 valence electrons. The molecule has 0 radical (unpaired) electrons. The number of aryl methyl sites for hydroxylation is 1. The molecule has 1 atom stereocenters. The van der Waals surface area contributed by atoms with E-state index in [2.05, 4.69) is 20.2 Å². The smallest absolute Gasteiger partial charge is 0.261 e. The number of imidazole rings is 1. The number of para-hydroxylation sites is 2. The Hall–Kier alpha value is -2.67. The summed E-state index contributed by atoms with van der Waals surface area (Å²) in [7, 11) is 0. The van der Waals surface area contributed by atoms with Gasteiger partial charge in [0.15, 0.2) is 0 Å². The van der Waals surface area contributed by atoms with E-state index < -0.39 is 6.04 Å². The normalized spacial score (nSPS) is 12.1. The van der Waals surface area contributed by atoms with E-state index in [9.17, 15) is 9.59 Å². The van der Waals surface area contributed by atoms with Crippen LogP contribution in [0.3, 0.4) is 0 Å². The Labute approximate surface area is 149 Å². The van der Waals surface area contributed by atoms with Crippen molar-refractivity contribution in [1.29, 1.82) is 0 Å². The molecule has 2 aromatic heterocycles. The van der Waals surface area contributed by atoms with Gasteiger partial charge in [-0.2, -0.15) is 0 Å². The summed E-state index contributed by atoms with van der Waals surface area (Å²) < 4.78 is 2.07. The Morgan fingerprint density at radius 3 is 2.80 bits per heavy atom. The van der Waals surface area contributed by atoms with Gasteiger partial charge in [0.2, 0.25) is 5.91 Å². The van der Waals surface area contributed by atoms with Crippen LogP contribution in [0.25, 0.3) is 11.0 Å². The summed E-state index contributed by atoms with van der Waals surface area (Å²) in [5.41, 5.74) is 2.00. The maximum Gasteiger partial charge on any atom is 0.261 e. The molecular formula is C18H20N4O2S. The predicted molar refractivity (Wildman–Crippen MR) is 98.7 cm³/mol. The fourth-order valence-electron chi connectivity index (χ4n) is 2.66. The van der Waals surface area contributed by atoms with Gasteiger partial charge in [-0.3, -0.25) is 9.59 Å². The van der Waals surface area contributed by atoms with Crippen LogP contribution in [0.1, 0.15) is 22.4 Å². The molecule has 0 bridgehead atoms. The number of nitrogens with one attached hydrogen (secondary N) is 2. The molecule has 0 saturated heterocycles. The number of thiophene rings is 1. The maximum absolute atomic E-state index is 12.2. The van der Waals surface area contributed by atoms with E-state index in [1.54, 1.807) is 13.0 Å². The highest BCUT2D eigenvalue weighted by Crippen LogP contribution is 2.14. The lowest BCUT2D eigenvalue weighted by atomic mass is 10.3. The van der Waals surface area contributed by atoms with E-state index in [-0.39, 0.29) is 11.8 Å². The molecule has 0 spiro atoms. The van der Waals surface area contributed by atoms with Gasteiger partial charge in [-0.1, -0.05) is 18.2 Å². The van der Waals surface area contributed by atoms with E-state index in [0.29, 0.717) is 18.0 Å². The van der Waals surface area contributed by atoms with Gasteiger partial charge < -0.3 is 15.2 Å². The summed E-state index contributed by atoms with van der Waals surface area (Å²) in [5, 5.41) is 7.40. The predicted octanol–water partition coefficient (Wildman–Crippen LogP) is 2.34. The van der Waals surface area contributed by atoms with Crippen molar-refractivity contribution < 1.29 is 9.59 Å². The molecule has 0 aliphatic carbocycles. The summed E-state index contributed by atoms with van der Waals surface area (Å²) in [6, 6.07) is 10.9. The van der Waals surface area contributed by atoms with Crippen molar-refractivity contribution >= 4 is 34.2 Å². The number of hydrogen-bond donors (Lipinski definition) is 2. The number of amides is 2. The number of aromatic nitrogens is 2. The molecule has 0 aliphatic rings. The first-order valence-electron chi connectivity index (χ1n) is 8.10. The van der Waals surface area contributed by atoms with Crippen molar-refractivity contribution in [3.63, 3.8) is 0 Å². The molecule has 2 N–H and O–H groups in total. The van der Waals surface area contributed by atoms with E-state index in [1.165, 1.54) is 11.3 Å². The first kappa shape index (κ1) is 17.2. The highest BCUT2D eigenvalue weighted by atomic mass is 32.1. The van der Waals surface area contributed by atoms with Gasteiger partial charge in [0.05, 0.1) is 15.9 Å². The fraction of sp³-hybridized carbons (Fsp3) is 0.278. The number of carbonyl (C=O) groups is 2. The van der Waals surface area contributed by atoms with Gasteiger partial charge in [-0.15, -0.1) is 11.3 Å². The monoisotopic (exact) mass is 356 g/mol. The third-order valence-electron chi connectivity index (χ3n) is 3.97. The van der Waals surface area contributed by atoms with Crippen LogP contribution in [0.15, 0.2) is 41.8 Å². The number of fused-ring (bicyclic) bond motifs is 1. The standard InChI is InChI=1S/C18H20N4O2S/c1-12(20-18(24)16-8-5-11-25-16)17(23)19-9-10-22-13(2)21-14-6-3-4-7-15(14)22/h3-8,11-12H,9-10H2,1-2H3,(H,19,23)(H,20,24). The van der Waals surface area contributed by atoms with Crippen molar-refractivity contribution in [3.05, 3.63) is 52.5 Å². The second-order valence-electron chi connectivity index (χ2n) is 5.76. The first-order chi connectivity index (χ1) is 12.1. The minimum Gasteiger partial charge on any atom is -0.353 e. The molecule has 2 heterocycles. The molecule has 1 unspecified atom stereocenters. The minimum atomic E-state index is -0.588. The van der Waals surface area contributed by atoms with Gasteiger partial charge >= 0.3 is 0 Å². The molecule has 3 aromatic rings. The molecule has 0 fully saturated rings. The fourth-order valence-corrected chi connectivity index (χ4v) is 3.29. The zero-order valence-corrected chi connectivity index (χ0v) is 15.0. The second-order valence-corrected chi connectivity index (χ2v) is 6.71. The van der Waals surface area contributed by atoms with Crippen LogP contribution < -0.4 is 10.6 Å². The summed E-state index contributed by atoms with van der Waals surface area (Å²) >= 11 is 1.35. The topological polar surface area (TPSA) is 76.0 Å². The summed E-state index contributed by atoms with van der Waals surface area (Å²) in [6.07, 6.45) is 0. The Balaban J connectivity index is 1.53. The lowest BCUT2D eigenvalue weighted by Crippen LogP contribution is -2.45. The van der Waals surface area contributed by atoms with E-state index in [1.807, 2.05) is 42.6 Å². The average Bonchev–Trinajstić information content (AvgIpc) is 3.23. The third kappa shape index (κ3) is 3.88. The Morgan fingerprint density at radius 1 is 1.24 bits per heavy atom. The maximum atomic E-state index is 12.2. The first-order valence-corrected chi connectivity index (χ1v) is 8.98. The molecule has 3 rings (SSSR count). The van der Waals surface area contributed by atoms with Crippen molar-refractivity contribution in [2.24, 2.45) is 0 Å². The van der Waals surface area contributed by atoms with Crippen LogP contribution in [0, 0.1) is 6.92 Å². The largest absolute Gasteiger partial charge is 0.353 e. The molecule has 2 amide bonds. The Bertz CT molecular complexity index is 886. The number of hydrogen-bond acceptors (Lipinski definition) is 4. The quantitative estimate of drug-likeness (QED) is 0.712. The van der Waals surface area contributed by atoms with Crippen LogP contribution in [0.4, 0.5) is 0 Å². The molecule has 0 saturated carbocycles. The molecule has 1 aromatic carbocycles. The highest BCUT2D eigenvalue weighted by Gasteiger charge is 2.17. The van der Waals surface area contributed by atoms with Gasteiger partial charge in [0.1, 0.15) is 11.9 Å². The van der Waals surface area contributed by atoms with Crippen molar-refractivity contribution in [2.45, 2.75) is 26.4 Å². The molecule has 6 nitrogen and oxygen atoms in total. The number of carbonyl (C=O) groups excluding carboxylic acids is 2. The van der Waals surface area contributed by atoms with Gasteiger partial charge in [0.25, 0.3) is 5.91 Å². The summed E-state index contributed by atoms with van der Waals surface area (Å²) in [5.74, 6) is 0.482. The van der Waals surface area contributed by atoms with Gasteiger partial charge in [0, 0.05) is 13.1 Å². The second kappa shape index (κ2) is 7.48. The van der Waals surface area contributed by atoms with Crippen LogP contribution in [0.2, 0.25) is 0 Å². The molecule has 25 heavy (non-hydrogen) atoms. The van der Waals surface area contributed by atoms with Crippen molar-refractivity contribution in [3.8, 4) is 0 Å². The van der Waals surface area contributed by atoms with E-state index in [0.717, 1.165) is 16.9 Å². The van der Waals surface area contributed by atoms with Crippen LogP contribution >= 0.6 is 11.3 Å². The highest BCUT2D eigenvalue weighted by molar-refractivity contribution is 7.12. The van der Waals surface area contributed by atoms with E-state index in [4.69, 9.17) is 0 Å². The molecule has 0 aliphatic heterocycles.